The number of rotatable bonds is 6. The van der Waals surface area contributed by atoms with Gasteiger partial charge in [0.1, 0.15) is 5.75 Å². The van der Waals surface area contributed by atoms with Gasteiger partial charge in [0, 0.05) is 53.7 Å². The molecule has 0 atom stereocenters. The zero-order valence-corrected chi connectivity index (χ0v) is 33.1. The Balaban J connectivity index is 1.16. The van der Waals surface area contributed by atoms with Gasteiger partial charge >= 0.3 is 0 Å². The molecular weight excluding hydrogens is 735 g/mol. The van der Waals surface area contributed by atoms with Crippen LogP contribution >= 0.6 is 11.3 Å². The molecule has 59 heavy (non-hydrogen) atoms. The normalized spacial score (nSPS) is 12.7. The number of para-hydroxylation sites is 2. The molecule has 0 aliphatic carbocycles. The summed E-state index contributed by atoms with van der Waals surface area (Å²) < 4.78 is 11.4. The second-order valence-electron chi connectivity index (χ2n) is 15.5. The van der Waals surface area contributed by atoms with Gasteiger partial charge < -0.3 is 14.2 Å². The van der Waals surface area contributed by atoms with Gasteiger partial charge in [0.05, 0.1) is 17.6 Å². The van der Waals surface area contributed by atoms with Gasteiger partial charge in [0.15, 0.2) is 0 Å². The average molecular weight is 773 g/mol. The molecule has 1 aliphatic heterocycles. The van der Waals surface area contributed by atoms with E-state index in [4.69, 9.17) is 4.74 Å². The van der Waals surface area contributed by atoms with E-state index in [1.54, 1.807) is 0 Å². The minimum Gasteiger partial charge on any atom is -0.495 e. The third-order valence-corrected chi connectivity index (χ3v) is 13.3. The largest absolute Gasteiger partial charge is 0.495 e. The zero-order chi connectivity index (χ0) is 38.9. The number of aromatic nitrogens is 1. The third kappa shape index (κ3) is 5.57. The van der Waals surface area contributed by atoms with Gasteiger partial charge in [-0.2, -0.15) is 0 Å². The van der Waals surface area contributed by atoms with E-state index in [1.165, 1.54) is 74.8 Å². The monoisotopic (exact) mass is 772 g/mol. The maximum absolute atomic E-state index is 6.48. The van der Waals surface area contributed by atoms with Gasteiger partial charge in [-0.1, -0.05) is 139 Å². The number of fused-ring (bicyclic) bond motifs is 8. The fourth-order valence-corrected chi connectivity index (χ4v) is 10.8. The predicted molar refractivity (Wildman–Crippen MR) is 253 cm³/mol. The zero-order valence-electron chi connectivity index (χ0n) is 32.3. The molecule has 0 spiro atoms. The highest BCUT2D eigenvalue weighted by atomic mass is 32.1. The summed E-state index contributed by atoms with van der Waals surface area (Å²) in [4.78, 5) is 2.47. The van der Waals surface area contributed by atoms with Crippen LogP contribution in [0, 0.1) is 0 Å². The summed E-state index contributed by atoms with van der Waals surface area (Å²) in [5, 5.41) is 7.48. The lowest BCUT2D eigenvalue weighted by Crippen LogP contribution is -2.47. The van der Waals surface area contributed by atoms with E-state index >= 15 is 0 Å². The maximum Gasteiger partial charge on any atom is 0.218 e. The van der Waals surface area contributed by atoms with Crippen molar-refractivity contribution in [3.63, 3.8) is 0 Å². The summed E-state index contributed by atoms with van der Waals surface area (Å²) in [5.41, 5.74) is 11.9. The number of nitrogens with zero attached hydrogens (tertiary/aromatic N) is 2. The van der Waals surface area contributed by atoms with Crippen LogP contribution in [0.5, 0.6) is 5.75 Å². The quantitative estimate of drug-likeness (QED) is 0.157. The highest BCUT2D eigenvalue weighted by Crippen LogP contribution is 2.47. The summed E-state index contributed by atoms with van der Waals surface area (Å²) in [6.45, 7) is 0.920. The van der Waals surface area contributed by atoms with E-state index < -0.39 is 0 Å². The minimum absolute atomic E-state index is 0.221. The fourth-order valence-electron chi connectivity index (χ4n) is 9.61. The second-order valence-corrected chi connectivity index (χ2v) is 16.6. The Bertz CT molecular complexity index is 3390. The van der Waals surface area contributed by atoms with Crippen LogP contribution in [-0.4, -0.2) is 17.9 Å². The van der Waals surface area contributed by atoms with Gasteiger partial charge in [0.25, 0.3) is 0 Å². The highest BCUT2D eigenvalue weighted by Gasteiger charge is 2.31. The molecule has 0 saturated carbocycles. The van der Waals surface area contributed by atoms with E-state index in [1.807, 2.05) is 11.3 Å². The molecule has 3 nitrogen and oxygen atoms in total. The lowest BCUT2D eigenvalue weighted by molar-refractivity contribution is 0.337. The molecule has 9 aromatic carbocycles. The first-order valence-electron chi connectivity index (χ1n) is 20.4. The molecule has 0 amide bonds. The van der Waals surface area contributed by atoms with Crippen LogP contribution < -0.4 is 20.6 Å². The van der Waals surface area contributed by atoms with Crippen LogP contribution in [0.3, 0.4) is 0 Å². The molecule has 12 rings (SSSR count). The molecule has 0 N–H and O–H groups in total. The average Bonchev–Trinajstić information content (AvgIpc) is 3.84. The molecule has 0 saturated heterocycles. The predicted octanol–water partition coefficient (Wildman–Crippen LogP) is 13.4. The summed E-state index contributed by atoms with van der Waals surface area (Å²) in [6, 6.07) is 73.4. The molecule has 3 heterocycles. The first kappa shape index (κ1) is 34.0. The summed E-state index contributed by atoms with van der Waals surface area (Å²) >= 11 is 1.87. The lowest BCUT2D eigenvalue weighted by Gasteiger charge is -2.29. The van der Waals surface area contributed by atoms with Gasteiger partial charge in [-0.3, -0.25) is 0 Å². The Morgan fingerprint density at radius 2 is 1.20 bits per heavy atom. The number of ether oxygens (including phenoxy) is 1. The lowest BCUT2D eigenvalue weighted by atomic mass is 9.37. The number of thiophene rings is 1. The fraction of sp³-hybridized carbons (Fsp3) is 0.0370. The van der Waals surface area contributed by atoms with Gasteiger partial charge in [-0.15, -0.1) is 11.3 Å². The Hall–Kier alpha value is -7.08. The maximum atomic E-state index is 6.48. The van der Waals surface area contributed by atoms with Gasteiger partial charge in [-0.25, -0.2) is 0 Å². The number of anilines is 3. The smallest absolute Gasteiger partial charge is 0.218 e. The Morgan fingerprint density at radius 1 is 0.492 bits per heavy atom. The summed E-state index contributed by atoms with van der Waals surface area (Å²) in [7, 11) is 0. The molecule has 0 fully saturated rings. The van der Waals surface area contributed by atoms with Crippen LogP contribution in [0.4, 0.5) is 17.1 Å². The van der Waals surface area contributed by atoms with Gasteiger partial charge in [0.2, 0.25) is 6.71 Å². The van der Waals surface area contributed by atoms with E-state index in [9.17, 15) is 0 Å². The molecule has 1 aliphatic rings. The van der Waals surface area contributed by atoms with Crippen molar-refractivity contribution in [1.82, 2.24) is 4.57 Å². The molecule has 0 unspecified atom stereocenters. The van der Waals surface area contributed by atoms with Crippen molar-refractivity contribution >= 4 is 98.8 Å². The Morgan fingerprint density at radius 3 is 2.08 bits per heavy atom. The van der Waals surface area contributed by atoms with Crippen LogP contribution in [0.15, 0.2) is 200 Å². The van der Waals surface area contributed by atoms with Crippen LogP contribution in [-0.2, 0) is 0 Å². The topological polar surface area (TPSA) is 17.4 Å². The van der Waals surface area contributed by atoms with Crippen molar-refractivity contribution in [1.29, 1.82) is 0 Å². The van der Waals surface area contributed by atoms with Crippen molar-refractivity contribution in [2.45, 2.75) is 6.32 Å². The van der Waals surface area contributed by atoms with Crippen molar-refractivity contribution in [2.24, 2.45) is 0 Å². The van der Waals surface area contributed by atoms with Gasteiger partial charge in [-0.05, 0) is 100 Å². The SMILES string of the molecule is c1ccc(B2CCOc3cccc(-c4cc(N(c5ccc6ccccc6c5)c5ccc6c7ccccc7n(-c7ccccc7)c6c5)cc5sc6ccccc6c45)c32)cc1. The van der Waals surface area contributed by atoms with Crippen molar-refractivity contribution < 1.29 is 4.74 Å². The highest BCUT2D eigenvalue weighted by molar-refractivity contribution is 7.26. The third-order valence-electron chi connectivity index (χ3n) is 12.2. The Kier molecular flexibility index (Phi) is 7.95. The Labute approximate surface area is 347 Å². The molecule has 5 heteroatoms. The van der Waals surface area contributed by atoms with E-state index in [0.717, 1.165) is 34.8 Å². The van der Waals surface area contributed by atoms with E-state index in [2.05, 4.69) is 210 Å². The number of hydrogen-bond donors (Lipinski definition) is 0. The summed E-state index contributed by atoms with van der Waals surface area (Å²) in [5.74, 6) is 0.978. The first-order chi connectivity index (χ1) is 29.3. The molecule has 278 valence electrons. The van der Waals surface area contributed by atoms with Crippen molar-refractivity contribution in [3.05, 3.63) is 200 Å². The van der Waals surface area contributed by atoms with Crippen molar-refractivity contribution in [3.8, 4) is 22.6 Å². The number of hydrogen-bond acceptors (Lipinski definition) is 3. The molecule has 0 bridgehead atoms. The molecule has 0 radical (unpaired) electrons. The second kappa shape index (κ2) is 13.8. The van der Waals surface area contributed by atoms with Crippen molar-refractivity contribution in [2.75, 3.05) is 11.5 Å². The first-order valence-corrected chi connectivity index (χ1v) is 21.2. The summed E-state index contributed by atoms with van der Waals surface area (Å²) in [6.07, 6.45) is 0.930. The molecule has 2 aromatic heterocycles. The number of benzene rings is 9. The van der Waals surface area contributed by atoms with Crippen LogP contribution in [0.2, 0.25) is 6.32 Å². The van der Waals surface area contributed by atoms with Crippen LogP contribution in [0.25, 0.3) is 69.6 Å². The minimum atomic E-state index is 0.221. The van der Waals surface area contributed by atoms with Crippen LogP contribution in [0.1, 0.15) is 0 Å². The van der Waals surface area contributed by atoms with E-state index in [0.29, 0.717) is 6.61 Å². The standard InChI is InChI=1S/C54H37BN2OS/c1-3-16-38(17-4-1)55-30-31-58-50-24-13-22-45(54(50)55)47-33-42(35-52-53(47)46-21-10-12-25-51(46)59-52)56(40-27-26-36-14-7-8-15-37(36)32-40)41-28-29-44-43-20-9-11-23-48(43)57(49(44)34-41)39-18-5-2-6-19-39/h1-29,32-35H,30-31H2. The molecule has 11 aromatic rings. The molecular formula is C54H37BN2OS. The van der Waals surface area contributed by atoms with E-state index in [-0.39, 0.29) is 6.71 Å².